The molecule has 2 aromatic rings. The Labute approximate surface area is 185 Å². The van der Waals surface area contributed by atoms with Crippen LogP contribution < -0.4 is 0 Å². The van der Waals surface area contributed by atoms with E-state index in [1.807, 2.05) is 0 Å². The van der Waals surface area contributed by atoms with E-state index < -0.39 is 23.4 Å². The minimum Gasteiger partial charge on any atom is -0.206 e. The molecule has 2 aromatic carbocycles. The number of halogens is 5. The van der Waals surface area contributed by atoms with E-state index >= 15 is 0 Å². The van der Waals surface area contributed by atoms with Gasteiger partial charge in [-0.3, -0.25) is 0 Å². The van der Waals surface area contributed by atoms with Gasteiger partial charge >= 0.3 is 6.18 Å². The summed E-state index contributed by atoms with van der Waals surface area (Å²) < 4.78 is 67.4. The molecule has 168 valence electrons. The van der Waals surface area contributed by atoms with Crippen LogP contribution in [0.1, 0.15) is 66.7 Å². The van der Waals surface area contributed by atoms with Gasteiger partial charge in [-0.15, -0.1) is 6.58 Å². The standard InChI is InChI=1S/C27H25F5/c1-2-17-3-7-20-14-21(9-8-19(20)13-17)22-15-25(28)24(26(29)16-22)12-6-18-4-10-23(11-5-18)27(30,31)32/h2,4-5,10-11,15-17,19-21H,1,3,7-9,13-14H2. The van der Waals surface area contributed by atoms with Crippen molar-refractivity contribution in [2.24, 2.45) is 17.8 Å². The molecule has 4 rings (SSSR count). The highest BCUT2D eigenvalue weighted by Gasteiger charge is 2.35. The van der Waals surface area contributed by atoms with Gasteiger partial charge in [-0.25, -0.2) is 8.78 Å². The lowest BCUT2D eigenvalue weighted by Crippen LogP contribution is -2.30. The van der Waals surface area contributed by atoms with Crippen LogP contribution in [0.5, 0.6) is 0 Å². The highest BCUT2D eigenvalue weighted by atomic mass is 19.4. The van der Waals surface area contributed by atoms with Gasteiger partial charge in [0.05, 0.1) is 11.1 Å². The van der Waals surface area contributed by atoms with E-state index in [9.17, 15) is 22.0 Å². The fourth-order valence-electron chi connectivity index (χ4n) is 5.27. The van der Waals surface area contributed by atoms with E-state index in [4.69, 9.17) is 0 Å². The summed E-state index contributed by atoms with van der Waals surface area (Å²) in [4.78, 5) is 0. The Kier molecular flexibility index (Phi) is 6.42. The van der Waals surface area contributed by atoms with Gasteiger partial charge in [-0.05, 0) is 104 Å². The van der Waals surface area contributed by atoms with Crippen molar-refractivity contribution in [1.82, 2.24) is 0 Å². The highest BCUT2D eigenvalue weighted by molar-refractivity contribution is 5.46. The van der Waals surface area contributed by atoms with Gasteiger partial charge in [0.2, 0.25) is 0 Å². The summed E-state index contributed by atoms with van der Waals surface area (Å²) in [5, 5.41) is 0. The molecule has 0 aromatic heterocycles. The van der Waals surface area contributed by atoms with Gasteiger partial charge in [0.15, 0.2) is 0 Å². The van der Waals surface area contributed by atoms with E-state index in [-0.39, 0.29) is 17.0 Å². The topological polar surface area (TPSA) is 0 Å². The average Bonchev–Trinajstić information content (AvgIpc) is 2.77. The minimum atomic E-state index is -4.44. The zero-order valence-corrected chi connectivity index (χ0v) is 17.7. The lowest BCUT2D eigenvalue weighted by atomic mass is 9.64. The number of benzene rings is 2. The zero-order valence-electron chi connectivity index (χ0n) is 17.7. The summed E-state index contributed by atoms with van der Waals surface area (Å²) in [7, 11) is 0. The monoisotopic (exact) mass is 444 g/mol. The van der Waals surface area contributed by atoms with Gasteiger partial charge in [-0.2, -0.15) is 13.2 Å². The number of alkyl halides is 3. The molecule has 2 aliphatic carbocycles. The van der Waals surface area contributed by atoms with Crippen LogP contribution in [-0.2, 0) is 6.18 Å². The summed E-state index contributed by atoms with van der Waals surface area (Å²) in [6.07, 6.45) is 3.99. The summed E-state index contributed by atoms with van der Waals surface area (Å²) in [6, 6.07) is 6.94. The van der Waals surface area contributed by atoms with Crippen LogP contribution in [0.25, 0.3) is 0 Å². The number of hydrogen-bond donors (Lipinski definition) is 0. The minimum absolute atomic E-state index is 0.137. The number of fused-ring (bicyclic) bond motifs is 1. The van der Waals surface area contributed by atoms with E-state index in [1.54, 1.807) is 0 Å². The molecule has 0 saturated heterocycles. The third kappa shape index (κ3) is 4.90. The summed E-state index contributed by atoms with van der Waals surface area (Å²) >= 11 is 0. The second kappa shape index (κ2) is 9.10. The van der Waals surface area contributed by atoms with Gasteiger partial charge in [-0.1, -0.05) is 17.9 Å². The Balaban J connectivity index is 1.49. The zero-order chi connectivity index (χ0) is 22.9. The first-order chi connectivity index (χ1) is 15.2. The van der Waals surface area contributed by atoms with Crippen LogP contribution in [0, 0.1) is 41.2 Å². The molecule has 0 aliphatic heterocycles. The van der Waals surface area contributed by atoms with Crippen molar-refractivity contribution in [3.05, 3.63) is 82.9 Å². The molecule has 5 heteroatoms. The number of rotatable bonds is 2. The molecular weight excluding hydrogens is 419 g/mol. The molecule has 0 radical (unpaired) electrons. The summed E-state index contributed by atoms with van der Waals surface area (Å²) in [5.41, 5.74) is -0.218. The van der Waals surface area contributed by atoms with Crippen LogP contribution in [0.3, 0.4) is 0 Å². The Morgan fingerprint density at radius 3 is 2.09 bits per heavy atom. The maximum absolute atomic E-state index is 14.7. The maximum Gasteiger partial charge on any atom is 0.416 e. The van der Waals surface area contributed by atoms with Crippen molar-refractivity contribution in [2.45, 2.75) is 50.6 Å². The molecule has 4 unspecified atom stereocenters. The van der Waals surface area contributed by atoms with Gasteiger partial charge in [0.1, 0.15) is 11.6 Å². The third-order valence-electron chi connectivity index (χ3n) is 7.07. The molecule has 32 heavy (non-hydrogen) atoms. The lowest BCUT2D eigenvalue weighted by Gasteiger charge is -2.41. The van der Waals surface area contributed by atoms with Crippen LogP contribution in [-0.4, -0.2) is 0 Å². The lowest BCUT2D eigenvalue weighted by molar-refractivity contribution is -0.137. The third-order valence-corrected chi connectivity index (χ3v) is 7.07. The van der Waals surface area contributed by atoms with Crippen molar-refractivity contribution in [1.29, 1.82) is 0 Å². The molecule has 4 atom stereocenters. The predicted molar refractivity (Wildman–Crippen MR) is 115 cm³/mol. The molecular formula is C27H25F5. The molecule has 2 saturated carbocycles. The molecule has 2 aliphatic rings. The summed E-state index contributed by atoms with van der Waals surface area (Å²) in [5.74, 6) is 5.55. The molecule has 2 fully saturated rings. The van der Waals surface area contributed by atoms with Crippen molar-refractivity contribution < 1.29 is 22.0 Å². The van der Waals surface area contributed by atoms with Gasteiger partial charge in [0.25, 0.3) is 0 Å². The molecule has 0 heterocycles. The Bertz CT molecular complexity index is 1020. The predicted octanol–water partition coefficient (Wildman–Crippen LogP) is 7.87. The van der Waals surface area contributed by atoms with Crippen molar-refractivity contribution in [3.8, 4) is 11.8 Å². The molecule has 0 spiro atoms. The number of hydrogen-bond acceptors (Lipinski definition) is 0. The highest BCUT2D eigenvalue weighted by Crippen LogP contribution is 2.48. The normalized spacial score (nSPS) is 25.4. The van der Waals surface area contributed by atoms with E-state index in [2.05, 4.69) is 24.5 Å². The molecule has 0 N–H and O–H groups in total. The molecule has 0 bridgehead atoms. The SMILES string of the molecule is C=CC1CCC2CC(c3cc(F)c(C#Cc4ccc(C(F)(F)F)cc4)c(F)c3)CCC2C1. The van der Waals surface area contributed by atoms with E-state index in [0.717, 1.165) is 44.2 Å². The molecule has 0 amide bonds. The first-order valence-corrected chi connectivity index (χ1v) is 11.1. The maximum atomic E-state index is 14.7. The second-order valence-corrected chi connectivity index (χ2v) is 9.02. The van der Waals surface area contributed by atoms with Crippen LogP contribution in [0.15, 0.2) is 49.1 Å². The Hall–Kier alpha value is -2.61. The van der Waals surface area contributed by atoms with E-state index in [0.29, 0.717) is 23.3 Å². The second-order valence-electron chi connectivity index (χ2n) is 9.02. The van der Waals surface area contributed by atoms with Crippen LogP contribution >= 0.6 is 0 Å². The fourth-order valence-corrected chi connectivity index (χ4v) is 5.27. The summed E-state index contributed by atoms with van der Waals surface area (Å²) in [6.45, 7) is 3.92. The fraction of sp³-hybridized carbons (Fsp3) is 0.407. The first-order valence-electron chi connectivity index (χ1n) is 11.1. The molecule has 0 nitrogen and oxygen atoms in total. The average molecular weight is 444 g/mol. The smallest absolute Gasteiger partial charge is 0.206 e. The van der Waals surface area contributed by atoms with Crippen LogP contribution in [0.4, 0.5) is 22.0 Å². The first kappa shape index (κ1) is 22.6. The van der Waals surface area contributed by atoms with Gasteiger partial charge in [0, 0.05) is 5.56 Å². The quantitative estimate of drug-likeness (QED) is 0.251. The van der Waals surface area contributed by atoms with Crippen molar-refractivity contribution in [3.63, 3.8) is 0 Å². The van der Waals surface area contributed by atoms with Crippen LogP contribution in [0.2, 0.25) is 0 Å². The van der Waals surface area contributed by atoms with Gasteiger partial charge < -0.3 is 0 Å². The Morgan fingerprint density at radius 2 is 1.47 bits per heavy atom. The van der Waals surface area contributed by atoms with E-state index in [1.165, 1.54) is 30.7 Å². The largest absolute Gasteiger partial charge is 0.416 e. The van der Waals surface area contributed by atoms with Crippen molar-refractivity contribution in [2.75, 3.05) is 0 Å². The Morgan fingerprint density at radius 1 is 0.844 bits per heavy atom. The van der Waals surface area contributed by atoms with Crippen molar-refractivity contribution >= 4 is 0 Å². The number of allylic oxidation sites excluding steroid dienone is 1.